The normalized spacial score (nSPS) is 14.5. The minimum atomic E-state index is -1.06. The first kappa shape index (κ1) is 18.1. The molecule has 0 aliphatic heterocycles. The summed E-state index contributed by atoms with van der Waals surface area (Å²) >= 11 is 1.55. The molecule has 0 saturated carbocycles. The van der Waals surface area contributed by atoms with Crippen molar-refractivity contribution in [1.29, 1.82) is 0 Å². The van der Waals surface area contributed by atoms with Gasteiger partial charge >= 0.3 is 5.97 Å². The van der Waals surface area contributed by atoms with Gasteiger partial charge in [0.05, 0.1) is 20.6 Å². The Bertz CT molecular complexity index is 905. The monoisotopic (exact) mass is 368 g/mol. The number of nitrogens with zero attached hydrogens (tertiary/aromatic N) is 1. The average molecular weight is 368 g/mol. The van der Waals surface area contributed by atoms with Crippen molar-refractivity contribution in [1.82, 2.24) is 10.3 Å². The number of carbonyl (C=O) groups is 2. The number of thiazole rings is 1. The van der Waals surface area contributed by atoms with E-state index in [0.29, 0.717) is 6.42 Å². The topological polar surface area (TPSA) is 79.3 Å². The summed E-state index contributed by atoms with van der Waals surface area (Å²) < 4.78 is 1.07. The zero-order valence-electron chi connectivity index (χ0n) is 14.6. The van der Waals surface area contributed by atoms with Crippen molar-refractivity contribution in [3.05, 3.63) is 65.2 Å². The number of aliphatic carboxylic acids is 1. The molecule has 1 amide bonds. The van der Waals surface area contributed by atoms with E-state index in [1.165, 1.54) is 6.92 Å². The maximum atomic E-state index is 13.0. The molecule has 0 fully saturated rings. The molecule has 0 aliphatic carbocycles. The third-order valence-electron chi connectivity index (χ3n) is 4.47. The van der Waals surface area contributed by atoms with Crippen LogP contribution in [-0.2, 0) is 21.4 Å². The summed E-state index contributed by atoms with van der Waals surface area (Å²) in [4.78, 5) is 28.8. The Balaban J connectivity index is 1.97. The molecule has 3 aromatic rings. The third kappa shape index (κ3) is 3.60. The highest BCUT2D eigenvalue weighted by molar-refractivity contribution is 7.18. The fourth-order valence-electron chi connectivity index (χ4n) is 2.84. The van der Waals surface area contributed by atoms with E-state index in [1.54, 1.807) is 11.3 Å². The summed E-state index contributed by atoms with van der Waals surface area (Å²) in [5.41, 5.74) is 0.815. The fourth-order valence-corrected chi connectivity index (χ4v) is 3.96. The van der Waals surface area contributed by atoms with Crippen molar-refractivity contribution in [2.75, 3.05) is 0 Å². The molecule has 2 N–H and O–H groups in total. The van der Waals surface area contributed by atoms with E-state index >= 15 is 0 Å². The van der Waals surface area contributed by atoms with Crippen molar-refractivity contribution < 1.29 is 14.7 Å². The van der Waals surface area contributed by atoms with E-state index in [2.05, 4.69) is 10.3 Å². The number of hydrogen-bond donors (Lipinski definition) is 2. The number of para-hydroxylation sites is 1. The van der Waals surface area contributed by atoms with Crippen LogP contribution in [0.5, 0.6) is 0 Å². The highest BCUT2D eigenvalue weighted by Crippen LogP contribution is 2.32. The third-order valence-corrected chi connectivity index (χ3v) is 5.51. The second kappa shape index (κ2) is 7.25. The summed E-state index contributed by atoms with van der Waals surface area (Å²) in [5.74, 6) is -1.38. The van der Waals surface area contributed by atoms with Crippen LogP contribution in [0.15, 0.2) is 54.6 Å². The van der Waals surface area contributed by atoms with Gasteiger partial charge < -0.3 is 10.4 Å². The number of nitrogens with one attached hydrogen (secondary N) is 1. The molecule has 0 aliphatic rings. The molecule has 1 heterocycles. The van der Waals surface area contributed by atoms with Crippen LogP contribution in [0.1, 0.15) is 24.4 Å². The number of rotatable bonds is 6. The maximum Gasteiger partial charge on any atom is 0.325 e. The minimum Gasteiger partial charge on any atom is -0.480 e. The van der Waals surface area contributed by atoms with Gasteiger partial charge in [0.25, 0.3) is 0 Å². The molecule has 134 valence electrons. The number of carboxylic acid groups (broad SMARTS) is 1. The Labute approximate surface area is 155 Å². The Morgan fingerprint density at radius 1 is 1.15 bits per heavy atom. The summed E-state index contributed by atoms with van der Waals surface area (Å²) in [6.07, 6.45) is 0.397. The molecule has 2 unspecified atom stereocenters. The number of benzene rings is 2. The van der Waals surface area contributed by atoms with Crippen LogP contribution in [0.4, 0.5) is 0 Å². The van der Waals surface area contributed by atoms with Crippen LogP contribution < -0.4 is 5.32 Å². The van der Waals surface area contributed by atoms with E-state index in [9.17, 15) is 9.59 Å². The molecule has 2 atom stereocenters. The zero-order chi connectivity index (χ0) is 18.7. The standard InChI is InChI=1S/C20H20N2O3S/c1-13(18(23)24)21-19(25)20(2,14-8-4-3-5-9-14)12-17-22-15-10-6-7-11-16(15)26-17/h3-11,13H,12H2,1-2H3,(H,21,25)(H,23,24). The van der Waals surface area contributed by atoms with Crippen molar-refractivity contribution in [2.24, 2.45) is 0 Å². The fraction of sp³-hybridized carbons (Fsp3) is 0.250. The van der Waals surface area contributed by atoms with Gasteiger partial charge in [-0.15, -0.1) is 11.3 Å². The molecule has 2 aromatic carbocycles. The van der Waals surface area contributed by atoms with Crippen LogP contribution in [0, 0.1) is 0 Å². The highest BCUT2D eigenvalue weighted by Gasteiger charge is 2.37. The van der Waals surface area contributed by atoms with Crippen LogP contribution in [-0.4, -0.2) is 28.0 Å². The Kier molecular flexibility index (Phi) is 5.04. The summed E-state index contributed by atoms with van der Waals surface area (Å²) in [6.45, 7) is 3.29. The van der Waals surface area contributed by atoms with E-state index in [1.807, 2.05) is 61.5 Å². The molecule has 0 saturated heterocycles. The number of aromatic nitrogens is 1. The Hall–Kier alpha value is -2.73. The van der Waals surface area contributed by atoms with Gasteiger partial charge in [-0.1, -0.05) is 42.5 Å². The predicted octanol–water partition coefficient (Wildman–Crippen LogP) is 3.39. The molecule has 3 rings (SSSR count). The summed E-state index contributed by atoms with van der Waals surface area (Å²) in [7, 11) is 0. The molecular weight excluding hydrogens is 348 g/mol. The average Bonchev–Trinajstić information content (AvgIpc) is 3.04. The first-order valence-corrected chi connectivity index (χ1v) is 9.15. The summed E-state index contributed by atoms with van der Waals surface area (Å²) in [5, 5.41) is 12.6. The highest BCUT2D eigenvalue weighted by atomic mass is 32.1. The van der Waals surface area contributed by atoms with Crippen LogP contribution >= 0.6 is 11.3 Å². The van der Waals surface area contributed by atoms with E-state index in [4.69, 9.17) is 5.11 Å². The molecule has 26 heavy (non-hydrogen) atoms. The number of fused-ring (bicyclic) bond motifs is 1. The number of carboxylic acids is 1. The second-order valence-corrected chi connectivity index (χ2v) is 7.60. The lowest BCUT2D eigenvalue weighted by Gasteiger charge is -2.29. The largest absolute Gasteiger partial charge is 0.480 e. The molecule has 0 bridgehead atoms. The first-order valence-electron chi connectivity index (χ1n) is 8.34. The van der Waals surface area contributed by atoms with E-state index < -0.39 is 17.4 Å². The molecule has 6 heteroatoms. The number of carbonyl (C=O) groups excluding carboxylic acids is 1. The van der Waals surface area contributed by atoms with Crippen molar-refractivity contribution in [3.8, 4) is 0 Å². The lowest BCUT2D eigenvalue weighted by molar-refractivity contribution is -0.142. The maximum absolute atomic E-state index is 13.0. The lowest BCUT2D eigenvalue weighted by atomic mass is 9.78. The Morgan fingerprint density at radius 2 is 1.81 bits per heavy atom. The summed E-state index contributed by atoms with van der Waals surface area (Å²) in [6, 6.07) is 16.3. The Morgan fingerprint density at radius 3 is 2.46 bits per heavy atom. The zero-order valence-corrected chi connectivity index (χ0v) is 15.4. The van der Waals surface area contributed by atoms with Gasteiger partial charge in [-0.2, -0.15) is 0 Å². The predicted molar refractivity (Wildman–Crippen MR) is 102 cm³/mol. The molecule has 5 nitrogen and oxygen atoms in total. The van der Waals surface area contributed by atoms with E-state index in [0.717, 1.165) is 20.8 Å². The van der Waals surface area contributed by atoms with Gasteiger partial charge in [-0.25, -0.2) is 4.98 Å². The van der Waals surface area contributed by atoms with Crippen molar-refractivity contribution in [2.45, 2.75) is 31.7 Å². The number of hydrogen-bond acceptors (Lipinski definition) is 4. The van der Waals surface area contributed by atoms with Crippen LogP contribution in [0.3, 0.4) is 0 Å². The van der Waals surface area contributed by atoms with Gasteiger partial charge in [0, 0.05) is 6.42 Å². The van der Waals surface area contributed by atoms with Gasteiger partial charge in [0.1, 0.15) is 6.04 Å². The van der Waals surface area contributed by atoms with Gasteiger partial charge in [0.2, 0.25) is 5.91 Å². The quantitative estimate of drug-likeness (QED) is 0.699. The minimum absolute atomic E-state index is 0.321. The molecule has 0 radical (unpaired) electrons. The van der Waals surface area contributed by atoms with E-state index in [-0.39, 0.29) is 5.91 Å². The van der Waals surface area contributed by atoms with Crippen LogP contribution in [0.25, 0.3) is 10.2 Å². The van der Waals surface area contributed by atoms with Gasteiger partial charge in [-0.3, -0.25) is 9.59 Å². The second-order valence-electron chi connectivity index (χ2n) is 6.48. The molecule has 0 spiro atoms. The first-order chi connectivity index (χ1) is 12.4. The van der Waals surface area contributed by atoms with Gasteiger partial charge in [-0.05, 0) is 31.5 Å². The number of amides is 1. The SMILES string of the molecule is CC(NC(=O)C(C)(Cc1nc2ccccc2s1)c1ccccc1)C(=O)O. The smallest absolute Gasteiger partial charge is 0.325 e. The molecule has 1 aromatic heterocycles. The van der Waals surface area contributed by atoms with Crippen molar-refractivity contribution >= 4 is 33.4 Å². The van der Waals surface area contributed by atoms with Gasteiger partial charge in [0.15, 0.2) is 0 Å². The van der Waals surface area contributed by atoms with Crippen molar-refractivity contribution in [3.63, 3.8) is 0 Å². The molecular formula is C20H20N2O3S. The van der Waals surface area contributed by atoms with Crippen LogP contribution in [0.2, 0.25) is 0 Å². The lowest BCUT2D eigenvalue weighted by Crippen LogP contribution is -2.49.